The summed E-state index contributed by atoms with van der Waals surface area (Å²) in [6.07, 6.45) is 0.731. The number of hydrogen-bond acceptors (Lipinski definition) is 6. The van der Waals surface area contributed by atoms with Crippen LogP contribution in [0, 0.1) is 0 Å². The molecule has 1 saturated heterocycles. The highest BCUT2D eigenvalue weighted by Crippen LogP contribution is 2.17. The highest BCUT2D eigenvalue weighted by Gasteiger charge is 2.29. The summed E-state index contributed by atoms with van der Waals surface area (Å²) in [5, 5.41) is 6.27. The number of carbonyl (C=O) groups excluding carboxylic acids is 3. The van der Waals surface area contributed by atoms with E-state index in [1.165, 1.54) is 16.8 Å². The van der Waals surface area contributed by atoms with Crippen molar-refractivity contribution in [2.45, 2.75) is 19.9 Å². The molecule has 22 heavy (non-hydrogen) atoms. The van der Waals surface area contributed by atoms with Crippen LogP contribution in [0.2, 0.25) is 0 Å². The molecule has 0 aliphatic carbocycles. The molecule has 3 amide bonds. The van der Waals surface area contributed by atoms with E-state index in [0.717, 1.165) is 23.1 Å². The molecule has 9 heteroatoms. The minimum absolute atomic E-state index is 0.126. The summed E-state index contributed by atoms with van der Waals surface area (Å²) in [4.78, 5) is 47.4. The zero-order valence-electron chi connectivity index (χ0n) is 12.1. The molecule has 0 bridgehead atoms. The Hall–Kier alpha value is -2.16. The van der Waals surface area contributed by atoms with Crippen LogP contribution in [0.25, 0.3) is 0 Å². The van der Waals surface area contributed by atoms with Crippen molar-refractivity contribution in [2.24, 2.45) is 0 Å². The maximum atomic E-state index is 12.0. The van der Waals surface area contributed by atoms with Crippen molar-refractivity contribution in [2.75, 3.05) is 18.8 Å². The molecule has 2 heterocycles. The summed E-state index contributed by atoms with van der Waals surface area (Å²) in [5.74, 6) is -0.550. The molecule has 2 rings (SSSR count). The maximum Gasteiger partial charge on any atom is 0.288 e. The number of nitrogens with one attached hydrogen (secondary N) is 1. The fraction of sp³-hybridized carbons (Fsp3) is 0.462. The number of hydrogen-bond donors (Lipinski definition) is 1. The SMILES string of the molecule is CCCn1nc(C(=O)NCCN2C(=O)CSC2=O)ccc1=O. The summed E-state index contributed by atoms with van der Waals surface area (Å²) in [7, 11) is 0. The average molecular weight is 324 g/mol. The van der Waals surface area contributed by atoms with E-state index in [4.69, 9.17) is 0 Å². The average Bonchev–Trinajstić information content (AvgIpc) is 2.81. The molecule has 1 fully saturated rings. The highest BCUT2D eigenvalue weighted by molar-refractivity contribution is 8.14. The Balaban J connectivity index is 1.92. The van der Waals surface area contributed by atoms with Gasteiger partial charge in [0.15, 0.2) is 0 Å². The number of carbonyl (C=O) groups is 3. The van der Waals surface area contributed by atoms with Gasteiger partial charge in [0.2, 0.25) is 5.91 Å². The molecule has 118 valence electrons. The minimum Gasteiger partial charge on any atom is -0.349 e. The van der Waals surface area contributed by atoms with Crippen LogP contribution in [-0.4, -0.2) is 50.6 Å². The van der Waals surface area contributed by atoms with Crippen LogP contribution in [0.1, 0.15) is 23.8 Å². The van der Waals surface area contributed by atoms with Gasteiger partial charge in [-0.3, -0.25) is 24.1 Å². The Morgan fingerprint density at radius 3 is 2.73 bits per heavy atom. The molecular weight excluding hydrogens is 308 g/mol. The molecular formula is C13H16N4O4S. The lowest BCUT2D eigenvalue weighted by Crippen LogP contribution is -2.38. The summed E-state index contributed by atoms with van der Waals surface area (Å²) < 4.78 is 1.24. The summed E-state index contributed by atoms with van der Waals surface area (Å²) >= 11 is 0.952. The van der Waals surface area contributed by atoms with Crippen LogP contribution < -0.4 is 10.9 Å². The zero-order valence-corrected chi connectivity index (χ0v) is 12.9. The first-order valence-electron chi connectivity index (χ1n) is 6.86. The van der Waals surface area contributed by atoms with Crippen LogP contribution >= 0.6 is 11.8 Å². The molecule has 0 saturated carbocycles. The van der Waals surface area contributed by atoms with Gasteiger partial charge in [0.25, 0.3) is 16.7 Å². The molecule has 1 aromatic heterocycles. The Bertz CT molecular complexity index is 642. The smallest absolute Gasteiger partial charge is 0.288 e. The van der Waals surface area contributed by atoms with E-state index in [0.29, 0.717) is 6.54 Å². The Kier molecular flexibility index (Phi) is 5.31. The second-order valence-electron chi connectivity index (χ2n) is 4.64. The van der Waals surface area contributed by atoms with Gasteiger partial charge in [-0.15, -0.1) is 0 Å². The first-order chi connectivity index (χ1) is 10.5. The predicted molar refractivity (Wildman–Crippen MR) is 80.7 cm³/mol. The Labute approximate surface area is 130 Å². The van der Waals surface area contributed by atoms with Gasteiger partial charge in [-0.2, -0.15) is 5.10 Å². The highest BCUT2D eigenvalue weighted by atomic mass is 32.2. The normalized spacial score (nSPS) is 14.5. The zero-order chi connectivity index (χ0) is 16.1. The fourth-order valence-corrected chi connectivity index (χ4v) is 2.66. The number of aromatic nitrogens is 2. The quantitative estimate of drug-likeness (QED) is 0.795. The van der Waals surface area contributed by atoms with E-state index >= 15 is 0 Å². The van der Waals surface area contributed by atoms with Crippen LogP contribution in [0.5, 0.6) is 0 Å². The van der Waals surface area contributed by atoms with E-state index in [1.54, 1.807) is 0 Å². The minimum atomic E-state index is -0.448. The largest absolute Gasteiger partial charge is 0.349 e. The fourth-order valence-electron chi connectivity index (χ4n) is 1.91. The van der Waals surface area contributed by atoms with E-state index < -0.39 is 5.91 Å². The van der Waals surface area contributed by atoms with Gasteiger partial charge in [-0.25, -0.2) is 4.68 Å². The van der Waals surface area contributed by atoms with Gasteiger partial charge in [-0.1, -0.05) is 18.7 Å². The predicted octanol–water partition coefficient (Wildman–Crippen LogP) is 0.0785. The Morgan fingerprint density at radius 2 is 2.09 bits per heavy atom. The topological polar surface area (TPSA) is 101 Å². The van der Waals surface area contributed by atoms with Crippen LogP contribution in [0.4, 0.5) is 4.79 Å². The number of amides is 3. The lowest BCUT2D eigenvalue weighted by Gasteiger charge is -2.13. The van der Waals surface area contributed by atoms with Gasteiger partial charge >= 0.3 is 0 Å². The van der Waals surface area contributed by atoms with Crippen molar-refractivity contribution in [3.63, 3.8) is 0 Å². The second-order valence-corrected chi connectivity index (χ2v) is 5.56. The molecule has 0 unspecified atom stereocenters. The third-order valence-electron chi connectivity index (χ3n) is 3.00. The Morgan fingerprint density at radius 1 is 1.32 bits per heavy atom. The van der Waals surface area contributed by atoms with Crippen LogP contribution in [-0.2, 0) is 11.3 Å². The molecule has 0 atom stereocenters. The monoisotopic (exact) mass is 324 g/mol. The molecule has 8 nitrogen and oxygen atoms in total. The first-order valence-corrected chi connectivity index (χ1v) is 7.85. The van der Waals surface area contributed by atoms with Crippen LogP contribution in [0.15, 0.2) is 16.9 Å². The standard InChI is InChI=1S/C13H16N4O4S/c1-2-6-17-10(18)4-3-9(15-17)12(20)14-5-7-16-11(19)8-22-13(16)21/h3-4H,2,5-8H2,1H3,(H,14,20). The third-order valence-corrected chi connectivity index (χ3v) is 3.85. The van der Waals surface area contributed by atoms with Gasteiger partial charge < -0.3 is 5.32 Å². The first kappa shape index (κ1) is 16.2. The number of thioether (sulfide) groups is 1. The van der Waals surface area contributed by atoms with Gasteiger partial charge in [0.05, 0.1) is 5.75 Å². The summed E-state index contributed by atoms with van der Waals surface area (Å²) in [6, 6.07) is 2.65. The number of imide groups is 1. The van der Waals surface area contributed by atoms with Crippen LogP contribution in [0.3, 0.4) is 0 Å². The molecule has 1 aromatic rings. The van der Waals surface area contributed by atoms with E-state index in [1.807, 2.05) is 6.92 Å². The number of aryl methyl sites for hydroxylation is 1. The van der Waals surface area contributed by atoms with Gasteiger partial charge in [-0.05, 0) is 12.5 Å². The van der Waals surface area contributed by atoms with Crippen molar-refractivity contribution >= 4 is 28.8 Å². The number of rotatable bonds is 6. The van der Waals surface area contributed by atoms with Crippen molar-refractivity contribution in [1.29, 1.82) is 0 Å². The van der Waals surface area contributed by atoms with Crippen molar-refractivity contribution in [3.8, 4) is 0 Å². The molecule has 0 spiro atoms. The van der Waals surface area contributed by atoms with E-state index in [9.17, 15) is 19.2 Å². The molecule has 1 aliphatic heterocycles. The summed E-state index contributed by atoms with van der Waals surface area (Å²) in [5.41, 5.74) is -0.134. The second kappa shape index (κ2) is 7.21. The van der Waals surface area contributed by atoms with Gasteiger partial charge in [0.1, 0.15) is 5.69 Å². The van der Waals surface area contributed by atoms with E-state index in [2.05, 4.69) is 10.4 Å². The van der Waals surface area contributed by atoms with Crippen molar-refractivity contribution in [3.05, 3.63) is 28.2 Å². The van der Waals surface area contributed by atoms with E-state index in [-0.39, 0.29) is 41.2 Å². The third kappa shape index (κ3) is 3.73. The number of nitrogens with zero attached hydrogens (tertiary/aromatic N) is 3. The summed E-state index contributed by atoms with van der Waals surface area (Å²) in [6.45, 7) is 2.62. The molecule has 1 aliphatic rings. The van der Waals surface area contributed by atoms with Gasteiger partial charge in [0, 0.05) is 25.7 Å². The lowest BCUT2D eigenvalue weighted by molar-refractivity contribution is -0.124. The molecule has 0 radical (unpaired) electrons. The van der Waals surface area contributed by atoms with Crippen molar-refractivity contribution < 1.29 is 14.4 Å². The lowest BCUT2D eigenvalue weighted by atomic mass is 10.3. The molecule has 0 aromatic carbocycles. The maximum absolute atomic E-state index is 12.0. The van der Waals surface area contributed by atoms with Crippen molar-refractivity contribution in [1.82, 2.24) is 20.0 Å². The molecule has 1 N–H and O–H groups in total.